The van der Waals surface area contributed by atoms with Crippen LogP contribution in [-0.2, 0) is 61.7 Å². The van der Waals surface area contributed by atoms with Crippen LogP contribution >= 0.6 is 0 Å². The minimum atomic E-state index is -0.672. The Bertz CT molecular complexity index is 695. The van der Waals surface area contributed by atoms with Crippen LogP contribution in [0.25, 0.3) is 20.9 Å². The number of carbonyl (C=O) groups excluding carboxylic acids is 2. The predicted octanol–water partition coefficient (Wildman–Crippen LogP) is 0.843. The second kappa shape index (κ2) is 35.7. The van der Waals surface area contributed by atoms with Crippen LogP contribution < -0.4 is 0 Å². The maximum atomic E-state index is 10.9. The first-order valence-electron chi connectivity index (χ1n) is 13.7. The molecule has 0 aliphatic rings. The standard InChI is InChI=1S/C24H44N6O13/c25-29-27-23(31)21-42-19-17-40-15-13-38-11-9-36-7-5-34-3-1-33-2-4-35-6-8-37-10-12-39-14-16-41-18-20-43-22-24(32)28-30-26/h1-22H2. The summed E-state index contributed by atoms with van der Waals surface area (Å²) in [7, 11) is 0. The highest BCUT2D eigenvalue weighted by molar-refractivity contribution is 5.78. The van der Waals surface area contributed by atoms with Gasteiger partial charge in [0.25, 0.3) is 0 Å². The lowest BCUT2D eigenvalue weighted by Gasteiger charge is -2.09. The molecule has 2 amide bonds. The van der Waals surface area contributed by atoms with Crippen molar-refractivity contribution in [3.63, 3.8) is 0 Å². The highest BCUT2D eigenvalue weighted by Gasteiger charge is 1.99. The Hall–Kier alpha value is -2.48. The zero-order valence-electron chi connectivity index (χ0n) is 24.5. The van der Waals surface area contributed by atoms with Gasteiger partial charge in [0, 0.05) is 9.82 Å². The number of rotatable bonds is 34. The molecule has 248 valence electrons. The second-order valence-electron chi connectivity index (χ2n) is 7.78. The van der Waals surface area contributed by atoms with E-state index in [1.54, 1.807) is 0 Å². The fourth-order valence-electron chi connectivity index (χ4n) is 2.57. The summed E-state index contributed by atoms with van der Waals surface area (Å²) in [5.74, 6) is -1.34. The summed E-state index contributed by atoms with van der Waals surface area (Å²) in [4.78, 5) is 26.5. The zero-order chi connectivity index (χ0) is 31.3. The minimum Gasteiger partial charge on any atom is -0.377 e. The third kappa shape index (κ3) is 35.6. The molecule has 0 rings (SSSR count). The fourth-order valence-corrected chi connectivity index (χ4v) is 2.57. The van der Waals surface area contributed by atoms with Crippen LogP contribution in [0.3, 0.4) is 0 Å². The molecule has 0 atom stereocenters. The molecule has 0 aliphatic heterocycles. The molecule has 0 heterocycles. The lowest BCUT2D eigenvalue weighted by molar-refractivity contribution is -0.123. The van der Waals surface area contributed by atoms with Gasteiger partial charge < -0.3 is 52.1 Å². The molecule has 0 bridgehead atoms. The fraction of sp³-hybridized carbons (Fsp3) is 0.917. The van der Waals surface area contributed by atoms with E-state index in [1.165, 1.54) is 0 Å². The van der Waals surface area contributed by atoms with Crippen molar-refractivity contribution in [3.05, 3.63) is 20.9 Å². The Morgan fingerprint density at radius 3 is 0.674 bits per heavy atom. The van der Waals surface area contributed by atoms with E-state index >= 15 is 0 Å². The van der Waals surface area contributed by atoms with Crippen molar-refractivity contribution in [1.29, 1.82) is 0 Å². The van der Waals surface area contributed by atoms with Crippen molar-refractivity contribution in [2.45, 2.75) is 0 Å². The first-order valence-corrected chi connectivity index (χ1v) is 13.7. The summed E-state index contributed by atoms with van der Waals surface area (Å²) in [6.07, 6.45) is 0. The topological polar surface area (TPSA) is 233 Å². The molecule has 0 saturated heterocycles. The number of hydrogen-bond acceptors (Lipinski definition) is 13. The molecule has 43 heavy (non-hydrogen) atoms. The number of nitrogens with zero attached hydrogens (tertiary/aromatic N) is 6. The predicted molar refractivity (Wildman–Crippen MR) is 147 cm³/mol. The third-order valence-electron chi connectivity index (χ3n) is 4.48. The van der Waals surface area contributed by atoms with Gasteiger partial charge in [-0.1, -0.05) is 0 Å². The monoisotopic (exact) mass is 624 g/mol. The largest absolute Gasteiger partial charge is 0.377 e. The van der Waals surface area contributed by atoms with Gasteiger partial charge in [0.05, 0.1) is 132 Å². The molecular weight excluding hydrogens is 580 g/mol. The summed E-state index contributed by atoms with van der Waals surface area (Å²) in [6, 6.07) is 0. The summed E-state index contributed by atoms with van der Waals surface area (Å²) in [5, 5.41) is 5.75. The number of carbonyl (C=O) groups is 2. The van der Waals surface area contributed by atoms with E-state index in [1.807, 2.05) is 0 Å². The third-order valence-corrected chi connectivity index (χ3v) is 4.48. The molecule has 0 aromatic heterocycles. The summed E-state index contributed by atoms with van der Waals surface area (Å²) >= 11 is 0. The molecule has 0 N–H and O–H groups in total. The van der Waals surface area contributed by atoms with E-state index in [0.717, 1.165) is 0 Å². The van der Waals surface area contributed by atoms with Crippen molar-refractivity contribution in [3.8, 4) is 0 Å². The van der Waals surface area contributed by atoms with Crippen molar-refractivity contribution in [1.82, 2.24) is 0 Å². The smallest absolute Gasteiger partial charge is 0.244 e. The Labute approximate surface area is 250 Å². The summed E-state index contributed by atoms with van der Waals surface area (Å²) < 4.78 is 58.3. The highest BCUT2D eigenvalue weighted by Crippen LogP contribution is 1.88. The van der Waals surface area contributed by atoms with Crippen LogP contribution in [-0.4, -0.2) is 157 Å². The molecule has 0 fully saturated rings. The van der Waals surface area contributed by atoms with Crippen LogP contribution in [0.5, 0.6) is 0 Å². The summed E-state index contributed by atoms with van der Waals surface area (Å²) in [5.41, 5.74) is 16.1. The van der Waals surface area contributed by atoms with Gasteiger partial charge in [-0.25, -0.2) is 0 Å². The molecule has 0 saturated carbocycles. The van der Waals surface area contributed by atoms with E-state index < -0.39 is 11.8 Å². The quantitative estimate of drug-likeness (QED) is 0.0418. The summed E-state index contributed by atoms with van der Waals surface area (Å²) in [6.45, 7) is 7.54. The Kier molecular flexibility index (Phi) is 33.7. The molecule has 19 nitrogen and oxygen atoms in total. The van der Waals surface area contributed by atoms with Crippen LogP contribution in [0, 0.1) is 0 Å². The van der Waals surface area contributed by atoms with Gasteiger partial charge in [-0.2, -0.15) is 0 Å². The first kappa shape index (κ1) is 40.5. The van der Waals surface area contributed by atoms with Crippen LogP contribution in [0.2, 0.25) is 0 Å². The molecular formula is C24H44N6O13. The number of amides is 2. The average molecular weight is 625 g/mol. The molecule has 0 spiro atoms. The van der Waals surface area contributed by atoms with E-state index in [9.17, 15) is 9.59 Å². The lowest BCUT2D eigenvalue weighted by Crippen LogP contribution is -2.15. The second-order valence-corrected chi connectivity index (χ2v) is 7.78. The molecule has 0 aromatic carbocycles. The average Bonchev–Trinajstić information content (AvgIpc) is 2.99. The van der Waals surface area contributed by atoms with E-state index in [-0.39, 0.29) is 26.4 Å². The normalized spacial score (nSPS) is 10.8. The maximum Gasteiger partial charge on any atom is 0.244 e. The number of ether oxygens (including phenoxy) is 11. The van der Waals surface area contributed by atoms with Crippen LogP contribution in [0.15, 0.2) is 10.2 Å². The van der Waals surface area contributed by atoms with Crippen molar-refractivity contribution in [2.24, 2.45) is 10.2 Å². The minimum absolute atomic E-state index is 0.220. The van der Waals surface area contributed by atoms with Gasteiger partial charge in [0.15, 0.2) is 0 Å². The number of azide groups is 2. The lowest BCUT2D eigenvalue weighted by atomic mass is 10.6. The van der Waals surface area contributed by atoms with Gasteiger partial charge >= 0.3 is 0 Å². The maximum absolute atomic E-state index is 10.9. The van der Waals surface area contributed by atoms with Crippen molar-refractivity contribution < 1.29 is 61.7 Å². The molecule has 0 aliphatic carbocycles. The zero-order valence-corrected chi connectivity index (χ0v) is 24.5. The van der Waals surface area contributed by atoms with Crippen molar-refractivity contribution >= 4 is 11.8 Å². The Morgan fingerprint density at radius 1 is 0.349 bits per heavy atom. The Balaban J connectivity index is 3.10. The van der Waals surface area contributed by atoms with E-state index in [2.05, 4.69) is 20.1 Å². The van der Waals surface area contributed by atoms with Crippen LogP contribution in [0.4, 0.5) is 0 Å². The van der Waals surface area contributed by atoms with Gasteiger partial charge in [0.1, 0.15) is 13.2 Å². The van der Waals surface area contributed by atoms with E-state index in [4.69, 9.17) is 63.2 Å². The molecule has 19 heteroatoms. The molecule has 0 aromatic rings. The Morgan fingerprint density at radius 2 is 0.512 bits per heavy atom. The first-order chi connectivity index (χ1) is 21.2. The van der Waals surface area contributed by atoms with Gasteiger partial charge in [0.2, 0.25) is 11.8 Å². The van der Waals surface area contributed by atoms with Gasteiger partial charge in [-0.3, -0.25) is 9.59 Å². The SMILES string of the molecule is [N-]=[N+]=NC(=O)COCCOCCOCCOCCOCCOCCOCCOCCOCCOCCOCC(=O)N=[N+]=[N-]. The highest BCUT2D eigenvalue weighted by atomic mass is 16.6. The van der Waals surface area contributed by atoms with Gasteiger partial charge in [-0.15, -0.1) is 0 Å². The van der Waals surface area contributed by atoms with E-state index in [0.29, 0.717) is 119 Å². The van der Waals surface area contributed by atoms with Crippen molar-refractivity contribution in [2.75, 3.05) is 145 Å². The number of hydrogen-bond donors (Lipinski definition) is 0. The van der Waals surface area contributed by atoms with Gasteiger partial charge in [-0.05, 0) is 21.3 Å². The van der Waals surface area contributed by atoms with Crippen LogP contribution in [0.1, 0.15) is 0 Å². The molecule has 0 radical (unpaired) electrons. The molecule has 0 unspecified atom stereocenters.